The normalized spacial score (nSPS) is 29.2. The van der Waals surface area contributed by atoms with Crippen molar-refractivity contribution in [2.24, 2.45) is 0 Å². The maximum atomic E-state index is 12.0. The molecule has 5 nitrogen and oxygen atoms in total. The largest absolute Gasteiger partial charge is 0.480 e. The Labute approximate surface area is 111 Å². The van der Waals surface area contributed by atoms with E-state index in [4.69, 9.17) is 5.11 Å². The van der Waals surface area contributed by atoms with Gasteiger partial charge in [-0.25, -0.2) is 4.79 Å². The van der Waals surface area contributed by atoms with E-state index in [0.717, 1.165) is 12.1 Å². The third-order valence-corrected chi connectivity index (χ3v) is 3.97. The number of amides is 1. The first-order valence-corrected chi connectivity index (χ1v) is 6.47. The molecule has 1 aromatic carbocycles. The van der Waals surface area contributed by atoms with Gasteiger partial charge in [0.05, 0.1) is 0 Å². The van der Waals surface area contributed by atoms with Crippen LogP contribution in [0, 0.1) is 0 Å². The summed E-state index contributed by atoms with van der Waals surface area (Å²) in [5.74, 6) is -1.15. The Morgan fingerprint density at radius 1 is 1.42 bits per heavy atom. The van der Waals surface area contributed by atoms with E-state index in [1.54, 1.807) is 0 Å². The number of hydrogen-bond acceptors (Lipinski definition) is 3. The predicted octanol–water partition coefficient (Wildman–Crippen LogP) is 0.779. The number of nitrogens with one attached hydrogen (secondary N) is 1. The van der Waals surface area contributed by atoms with Crippen LogP contribution >= 0.6 is 0 Å². The molecule has 0 saturated carbocycles. The van der Waals surface area contributed by atoms with E-state index < -0.39 is 12.0 Å². The number of carboxylic acids is 1. The number of anilines is 1. The van der Waals surface area contributed by atoms with Crippen molar-refractivity contribution in [3.63, 3.8) is 0 Å². The standard InChI is InChI=1S/C14H16N2O3/c1-8-6-9-4-2-3-5-11(9)16(8)12-7-10(14(18)19)15-13(12)17/h2-5,8,10,12H,6-7H2,1H3,(H,15,17)(H,18,19)/t8-,10-,12+/m0/s1. The van der Waals surface area contributed by atoms with Crippen LogP contribution in [0.25, 0.3) is 0 Å². The van der Waals surface area contributed by atoms with E-state index in [-0.39, 0.29) is 18.0 Å². The lowest BCUT2D eigenvalue weighted by atomic mass is 10.1. The first kappa shape index (κ1) is 12.0. The highest BCUT2D eigenvalue weighted by molar-refractivity contribution is 5.94. The molecule has 1 fully saturated rings. The van der Waals surface area contributed by atoms with E-state index >= 15 is 0 Å². The van der Waals surface area contributed by atoms with Gasteiger partial charge < -0.3 is 15.3 Å². The van der Waals surface area contributed by atoms with E-state index in [0.29, 0.717) is 6.42 Å². The number of benzene rings is 1. The van der Waals surface area contributed by atoms with Gasteiger partial charge in [0.25, 0.3) is 0 Å². The molecule has 0 bridgehead atoms. The zero-order chi connectivity index (χ0) is 13.6. The second-order valence-corrected chi connectivity index (χ2v) is 5.24. The summed E-state index contributed by atoms with van der Waals surface area (Å²) in [7, 11) is 0. The molecule has 2 aliphatic rings. The van der Waals surface area contributed by atoms with Crippen molar-refractivity contribution in [1.82, 2.24) is 5.32 Å². The average molecular weight is 260 g/mol. The summed E-state index contributed by atoms with van der Waals surface area (Å²) in [6.45, 7) is 2.07. The molecule has 2 heterocycles. The van der Waals surface area contributed by atoms with Gasteiger partial charge in [0.15, 0.2) is 0 Å². The maximum absolute atomic E-state index is 12.0. The first-order valence-electron chi connectivity index (χ1n) is 6.47. The monoisotopic (exact) mass is 260 g/mol. The number of rotatable bonds is 2. The van der Waals surface area contributed by atoms with Crippen LogP contribution in [0.2, 0.25) is 0 Å². The highest BCUT2D eigenvalue weighted by Gasteiger charge is 2.43. The quantitative estimate of drug-likeness (QED) is 0.824. The van der Waals surface area contributed by atoms with Gasteiger partial charge in [0.2, 0.25) is 5.91 Å². The zero-order valence-corrected chi connectivity index (χ0v) is 10.7. The SMILES string of the molecule is C[C@H]1Cc2ccccc2N1[C@@H]1C[C@@H](C(=O)O)NC1=O. The fraction of sp³-hybridized carbons (Fsp3) is 0.429. The Hall–Kier alpha value is -2.04. The minimum Gasteiger partial charge on any atom is -0.480 e. The Morgan fingerprint density at radius 3 is 2.84 bits per heavy atom. The predicted molar refractivity (Wildman–Crippen MR) is 70.1 cm³/mol. The molecular formula is C14H16N2O3. The summed E-state index contributed by atoms with van der Waals surface area (Å²) < 4.78 is 0. The number of hydrogen-bond donors (Lipinski definition) is 2. The molecule has 2 N–H and O–H groups in total. The van der Waals surface area contributed by atoms with Crippen molar-refractivity contribution >= 4 is 17.6 Å². The fourth-order valence-electron chi connectivity index (χ4n) is 3.12. The molecule has 0 spiro atoms. The lowest BCUT2D eigenvalue weighted by Crippen LogP contribution is -2.44. The second kappa shape index (κ2) is 4.26. The summed E-state index contributed by atoms with van der Waals surface area (Å²) in [5, 5.41) is 11.6. The van der Waals surface area contributed by atoms with E-state index in [1.165, 1.54) is 5.56 Å². The van der Waals surface area contributed by atoms with Crippen molar-refractivity contribution in [3.8, 4) is 0 Å². The molecule has 0 unspecified atom stereocenters. The van der Waals surface area contributed by atoms with Gasteiger partial charge in [-0.05, 0) is 25.0 Å². The Balaban J connectivity index is 1.91. The number of carbonyl (C=O) groups is 2. The molecule has 2 aliphatic heterocycles. The van der Waals surface area contributed by atoms with E-state index in [9.17, 15) is 9.59 Å². The van der Waals surface area contributed by atoms with Crippen molar-refractivity contribution in [2.45, 2.75) is 37.9 Å². The lowest BCUT2D eigenvalue weighted by molar-refractivity contribution is -0.140. The highest BCUT2D eigenvalue weighted by atomic mass is 16.4. The Kier molecular flexibility index (Phi) is 2.69. The lowest BCUT2D eigenvalue weighted by Gasteiger charge is -2.29. The van der Waals surface area contributed by atoms with Crippen molar-refractivity contribution < 1.29 is 14.7 Å². The molecule has 19 heavy (non-hydrogen) atoms. The molecule has 1 saturated heterocycles. The van der Waals surface area contributed by atoms with Gasteiger partial charge in [0, 0.05) is 18.2 Å². The van der Waals surface area contributed by atoms with Crippen LogP contribution in [0.3, 0.4) is 0 Å². The summed E-state index contributed by atoms with van der Waals surface area (Å²) in [6.07, 6.45) is 1.23. The Bertz CT molecular complexity index is 543. The van der Waals surface area contributed by atoms with Gasteiger partial charge in [-0.3, -0.25) is 4.79 Å². The molecule has 3 rings (SSSR count). The van der Waals surface area contributed by atoms with E-state index in [1.807, 2.05) is 18.2 Å². The topological polar surface area (TPSA) is 69.6 Å². The number of aliphatic carboxylic acids is 1. The van der Waals surface area contributed by atoms with Crippen molar-refractivity contribution in [2.75, 3.05) is 4.90 Å². The minimum absolute atomic E-state index is 0.184. The number of fused-ring (bicyclic) bond motifs is 1. The molecule has 5 heteroatoms. The average Bonchev–Trinajstić information content (AvgIpc) is 2.88. The van der Waals surface area contributed by atoms with Crippen LogP contribution in [-0.2, 0) is 16.0 Å². The molecule has 100 valence electrons. The molecule has 1 aromatic rings. The van der Waals surface area contributed by atoms with Crippen LogP contribution in [0.15, 0.2) is 24.3 Å². The van der Waals surface area contributed by atoms with Crippen LogP contribution in [0.4, 0.5) is 5.69 Å². The zero-order valence-electron chi connectivity index (χ0n) is 10.7. The summed E-state index contributed by atoms with van der Waals surface area (Å²) in [5.41, 5.74) is 2.28. The van der Waals surface area contributed by atoms with Gasteiger partial charge >= 0.3 is 5.97 Å². The molecule has 3 atom stereocenters. The Morgan fingerprint density at radius 2 is 2.16 bits per heavy atom. The van der Waals surface area contributed by atoms with Crippen LogP contribution in [0.1, 0.15) is 18.9 Å². The van der Waals surface area contributed by atoms with Gasteiger partial charge in [0.1, 0.15) is 12.1 Å². The van der Waals surface area contributed by atoms with Crippen LogP contribution in [-0.4, -0.2) is 35.1 Å². The first-order chi connectivity index (χ1) is 9.08. The smallest absolute Gasteiger partial charge is 0.326 e. The van der Waals surface area contributed by atoms with Crippen molar-refractivity contribution in [3.05, 3.63) is 29.8 Å². The minimum atomic E-state index is -0.962. The number of para-hydroxylation sites is 1. The summed E-state index contributed by atoms with van der Waals surface area (Å²) >= 11 is 0. The van der Waals surface area contributed by atoms with Crippen molar-refractivity contribution in [1.29, 1.82) is 0 Å². The molecule has 0 aromatic heterocycles. The summed E-state index contributed by atoms with van der Waals surface area (Å²) in [6, 6.07) is 7.08. The third-order valence-electron chi connectivity index (χ3n) is 3.97. The van der Waals surface area contributed by atoms with E-state index in [2.05, 4.69) is 23.2 Å². The third kappa shape index (κ3) is 1.85. The molecular weight excluding hydrogens is 244 g/mol. The van der Waals surface area contributed by atoms with Gasteiger partial charge in [-0.1, -0.05) is 18.2 Å². The number of nitrogens with zero attached hydrogens (tertiary/aromatic N) is 1. The molecule has 0 radical (unpaired) electrons. The second-order valence-electron chi connectivity index (χ2n) is 5.24. The van der Waals surface area contributed by atoms with Crippen LogP contribution < -0.4 is 10.2 Å². The number of carboxylic acid groups (broad SMARTS) is 1. The molecule has 1 amide bonds. The number of carbonyl (C=O) groups excluding carboxylic acids is 1. The summed E-state index contributed by atoms with van der Waals surface area (Å²) in [4.78, 5) is 25.1. The van der Waals surface area contributed by atoms with Gasteiger partial charge in [-0.2, -0.15) is 0 Å². The fourth-order valence-corrected chi connectivity index (χ4v) is 3.12. The highest BCUT2D eigenvalue weighted by Crippen LogP contribution is 2.35. The molecule has 0 aliphatic carbocycles. The maximum Gasteiger partial charge on any atom is 0.326 e. The van der Waals surface area contributed by atoms with Gasteiger partial charge in [-0.15, -0.1) is 0 Å². The van der Waals surface area contributed by atoms with Crippen LogP contribution in [0.5, 0.6) is 0 Å².